The molecule has 1 amide bonds. The average molecular weight is 360 g/mol. The fraction of sp³-hybridized carbons (Fsp3) is 0.947. The number of carbonyl (C=O) groups excluding carboxylic acids is 1. The van der Waals surface area contributed by atoms with Crippen LogP contribution in [0.3, 0.4) is 0 Å². The highest BCUT2D eigenvalue weighted by molar-refractivity contribution is 5.76. The molecule has 148 valence electrons. The molecule has 0 aromatic heterocycles. The van der Waals surface area contributed by atoms with Crippen LogP contribution in [0.2, 0.25) is 0 Å². The molecule has 5 atom stereocenters. The van der Waals surface area contributed by atoms with Crippen molar-refractivity contribution in [2.45, 2.75) is 103 Å². The molecular formula is C19H37NO5. The second kappa shape index (κ2) is 11.8. The third-order valence-electron chi connectivity index (χ3n) is 4.96. The average Bonchev–Trinajstić information content (AvgIpc) is 2.58. The van der Waals surface area contributed by atoms with E-state index in [1.165, 1.54) is 25.7 Å². The van der Waals surface area contributed by atoms with Crippen molar-refractivity contribution < 1.29 is 24.9 Å². The number of carbonyl (C=O) groups is 1. The number of rotatable bonds is 11. The SMILES string of the molecule is CCCCCCCCCC(=O)NC1[C@H](C(C)C)OC(CO)[C@@H](O)[C@@H]1O. The standard InChI is InChI=1S/C19H37NO5/c1-4-5-6-7-8-9-10-11-15(22)20-16-18(24)17(23)14(12-21)25-19(16)13(2)3/h13-14,16-19,21,23-24H,4-12H2,1-3H3,(H,20,22)/t14?,16?,17-,18-,19+/m1/s1. The van der Waals surface area contributed by atoms with Crippen molar-refractivity contribution in [3.63, 3.8) is 0 Å². The molecule has 25 heavy (non-hydrogen) atoms. The second-order valence-electron chi connectivity index (χ2n) is 7.51. The summed E-state index contributed by atoms with van der Waals surface area (Å²) in [6.07, 6.45) is 4.80. The minimum absolute atomic E-state index is 0.0417. The van der Waals surface area contributed by atoms with Gasteiger partial charge in [0, 0.05) is 6.42 Å². The molecule has 1 heterocycles. The molecule has 1 saturated heterocycles. The Balaban J connectivity index is 2.42. The lowest BCUT2D eigenvalue weighted by atomic mass is 9.87. The number of nitrogens with one attached hydrogen (secondary N) is 1. The Labute approximate surface area is 152 Å². The first-order valence-electron chi connectivity index (χ1n) is 9.84. The minimum atomic E-state index is -1.20. The van der Waals surface area contributed by atoms with Crippen LogP contribution in [-0.2, 0) is 9.53 Å². The lowest BCUT2D eigenvalue weighted by Gasteiger charge is -2.44. The van der Waals surface area contributed by atoms with Gasteiger partial charge in [0.25, 0.3) is 0 Å². The van der Waals surface area contributed by atoms with E-state index < -0.39 is 30.5 Å². The van der Waals surface area contributed by atoms with Crippen LogP contribution in [-0.4, -0.2) is 58.3 Å². The zero-order valence-corrected chi connectivity index (χ0v) is 16.0. The molecule has 1 rings (SSSR count). The first-order chi connectivity index (χ1) is 11.9. The molecule has 4 N–H and O–H groups in total. The highest BCUT2D eigenvalue weighted by Gasteiger charge is 2.45. The molecule has 0 aromatic carbocycles. The Morgan fingerprint density at radius 1 is 1.04 bits per heavy atom. The summed E-state index contributed by atoms with van der Waals surface area (Å²) in [7, 11) is 0. The Morgan fingerprint density at radius 2 is 1.64 bits per heavy atom. The largest absolute Gasteiger partial charge is 0.394 e. The van der Waals surface area contributed by atoms with E-state index in [1.807, 2.05) is 13.8 Å². The molecule has 0 radical (unpaired) electrons. The van der Waals surface area contributed by atoms with E-state index in [0.29, 0.717) is 6.42 Å². The van der Waals surface area contributed by atoms with Crippen LogP contribution >= 0.6 is 0 Å². The third-order valence-corrected chi connectivity index (χ3v) is 4.96. The van der Waals surface area contributed by atoms with E-state index >= 15 is 0 Å². The normalized spacial score (nSPS) is 29.8. The van der Waals surface area contributed by atoms with Crippen LogP contribution in [0.15, 0.2) is 0 Å². The third kappa shape index (κ3) is 7.21. The van der Waals surface area contributed by atoms with Gasteiger partial charge in [-0.2, -0.15) is 0 Å². The van der Waals surface area contributed by atoms with Gasteiger partial charge in [-0.25, -0.2) is 0 Å². The second-order valence-corrected chi connectivity index (χ2v) is 7.51. The van der Waals surface area contributed by atoms with Crippen LogP contribution in [0.1, 0.15) is 72.1 Å². The summed E-state index contributed by atoms with van der Waals surface area (Å²) in [5.74, 6) is -0.0819. The molecule has 6 heteroatoms. The molecule has 0 aromatic rings. The summed E-state index contributed by atoms with van der Waals surface area (Å²) in [5.41, 5.74) is 0. The summed E-state index contributed by atoms with van der Waals surface area (Å²) in [6, 6.07) is -0.658. The molecule has 0 bridgehead atoms. The van der Waals surface area contributed by atoms with Crippen molar-refractivity contribution in [2.24, 2.45) is 5.92 Å². The van der Waals surface area contributed by atoms with Crippen LogP contribution in [0.4, 0.5) is 0 Å². The predicted octanol–water partition coefficient (Wildman–Crippen LogP) is 1.75. The lowest BCUT2D eigenvalue weighted by molar-refractivity contribution is -0.204. The Kier molecular flexibility index (Phi) is 10.6. The van der Waals surface area contributed by atoms with Gasteiger partial charge >= 0.3 is 0 Å². The predicted molar refractivity (Wildman–Crippen MR) is 97.1 cm³/mol. The maximum atomic E-state index is 12.2. The number of unbranched alkanes of at least 4 members (excludes halogenated alkanes) is 6. The highest BCUT2D eigenvalue weighted by Crippen LogP contribution is 2.26. The van der Waals surface area contributed by atoms with E-state index in [4.69, 9.17) is 4.74 Å². The van der Waals surface area contributed by atoms with Crippen molar-refractivity contribution >= 4 is 5.91 Å². The van der Waals surface area contributed by atoms with Gasteiger partial charge in [0.15, 0.2) is 0 Å². The Morgan fingerprint density at radius 3 is 2.20 bits per heavy atom. The number of aliphatic hydroxyl groups is 3. The van der Waals surface area contributed by atoms with E-state index in [0.717, 1.165) is 19.3 Å². The van der Waals surface area contributed by atoms with Crippen molar-refractivity contribution in [1.29, 1.82) is 0 Å². The fourth-order valence-corrected chi connectivity index (χ4v) is 3.38. The molecule has 2 unspecified atom stereocenters. The molecular weight excluding hydrogens is 322 g/mol. The minimum Gasteiger partial charge on any atom is -0.394 e. The Bertz CT molecular complexity index is 377. The van der Waals surface area contributed by atoms with Crippen LogP contribution < -0.4 is 5.32 Å². The number of aliphatic hydroxyl groups excluding tert-OH is 3. The quantitative estimate of drug-likeness (QED) is 0.421. The van der Waals surface area contributed by atoms with Crippen molar-refractivity contribution in [3.8, 4) is 0 Å². The molecule has 0 spiro atoms. The molecule has 0 aliphatic carbocycles. The fourth-order valence-electron chi connectivity index (χ4n) is 3.38. The number of hydrogen-bond donors (Lipinski definition) is 4. The van der Waals surface area contributed by atoms with E-state index in [9.17, 15) is 20.1 Å². The molecule has 1 aliphatic heterocycles. The van der Waals surface area contributed by atoms with Crippen molar-refractivity contribution in [1.82, 2.24) is 5.32 Å². The Hall–Kier alpha value is -0.690. The van der Waals surface area contributed by atoms with E-state index in [-0.39, 0.29) is 18.4 Å². The van der Waals surface area contributed by atoms with Crippen LogP contribution in [0.5, 0.6) is 0 Å². The zero-order chi connectivity index (χ0) is 18.8. The van der Waals surface area contributed by atoms with Gasteiger partial charge in [-0.1, -0.05) is 59.3 Å². The van der Waals surface area contributed by atoms with Crippen molar-refractivity contribution in [3.05, 3.63) is 0 Å². The maximum absolute atomic E-state index is 12.2. The number of ether oxygens (including phenoxy) is 1. The summed E-state index contributed by atoms with van der Waals surface area (Å²) >= 11 is 0. The van der Waals surface area contributed by atoms with Crippen molar-refractivity contribution in [2.75, 3.05) is 6.61 Å². The van der Waals surface area contributed by atoms with Gasteiger partial charge in [0.1, 0.15) is 18.3 Å². The van der Waals surface area contributed by atoms with Gasteiger partial charge in [-0.3, -0.25) is 4.79 Å². The molecule has 0 saturated carbocycles. The summed E-state index contributed by atoms with van der Waals surface area (Å²) in [6.45, 7) is 5.69. The number of amides is 1. The first-order valence-corrected chi connectivity index (χ1v) is 9.84. The van der Waals surface area contributed by atoms with Crippen LogP contribution in [0, 0.1) is 5.92 Å². The molecule has 6 nitrogen and oxygen atoms in total. The topological polar surface area (TPSA) is 99.0 Å². The van der Waals surface area contributed by atoms with E-state index in [1.54, 1.807) is 0 Å². The summed E-state index contributed by atoms with van der Waals surface area (Å²) in [5, 5.41) is 32.5. The number of hydrogen-bond acceptors (Lipinski definition) is 5. The van der Waals surface area contributed by atoms with E-state index in [2.05, 4.69) is 12.2 Å². The van der Waals surface area contributed by atoms with Gasteiger partial charge < -0.3 is 25.4 Å². The summed E-state index contributed by atoms with van der Waals surface area (Å²) in [4.78, 5) is 12.2. The van der Waals surface area contributed by atoms with Gasteiger partial charge in [0.2, 0.25) is 5.91 Å². The zero-order valence-electron chi connectivity index (χ0n) is 16.0. The first kappa shape index (κ1) is 22.4. The maximum Gasteiger partial charge on any atom is 0.220 e. The summed E-state index contributed by atoms with van der Waals surface area (Å²) < 4.78 is 5.70. The van der Waals surface area contributed by atoms with Gasteiger partial charge in [-0.15, -0.1) is 0 Å². The van der Waals surface area contributed by atoms with Gasteiger partial charge in [0.05, 0.1) is 18.8 Å². The lowest BCUT2D eigenvalue weighted by Crippen LogP contribution is -2.65. The highest BCUT2D eigenvalue weighted by atomic mass is 16.5. The van der Waals surface area contributed by atoms with Crippen LogP contribution in [0.25, 0.3) is 0 Å². The smallest absolute Gasteiger partial charge is 0.220 e. The molecule has 1 aliphatic rings. The molecule has 1 fully saturated rings. The van der Waals surface area contributed by atoms with Gasteiger partial charge in [-0.05, 0) is 12.3 Å². The monoisotopic (exact) mass is 359 g/mol.